The molecule has 0 N–H and O–H groups in total. The van der Waals surface area contributed by atoms with Crippen LogP contribution in [0.5, 0.6) is 0 Å². The highest BCUT2D eigenvalue weighted by atomic mass is 14.3. The average molecular weight is 112 g/mol. The quantitative estimate of drug-likeness (QED) is 0.452. The summed E-state index contributed by atoms with van der Waals surface area (Å²) in [6.07, 6.45) is 2.92. The first-order valence-electron chi connectivity index (χ1n) is 3.72. The molecule has 0 heterocycles. The van der Waals surface area contributed by atoms with E-state index in [1.807, 2.05) is 0 Å². The lowest BCUT2D eigenvalue weighted by molar-refractivity contribution is 0.380. The van der Waals surface area contributed by atoms with Crippen molar-refractivity contribution < 1.29 is 0 Å². The van der Waals surface area contributed by atoms with Gasteiger partial charge in [-0.3, -0.25) is 0 Å². The van der Waals surface area contributed by atoms with Crippen LogP contribution in [0.2, 0.25) is 0 Å². The Morgan fingerprint density at radius 1 is 0.875 bits per heavy atom. The van der Waals surface area contributed by atoms with Gasteiger partial charge in [-0.25, -0.2) is 0 Å². The highest BCUT2D eigenvalue weighted by Gasteiger charge is 2.25. The van der Waals surface area contributed by atoms with Crippen molar-refractivity contribution in [3.05, 3.63) is 0 Å². The van der Waals surface area contributed by atoms with Crippen LogP contribution in [0.1, 0.15) is 33.6 Å². The maximum atomic E-state index is 2.38. The fourth-order valence-electron chi connectivity index (χ4n) is 1.61. The van der Waals surface area contributed by atoms with Gasteiger partial charge in [0.15, 0.2) is 0 Å². The molecule has 0 unspecified atom stereocenters. The minimum absolute atomic E-state index is 0.981. The average Bonchev–Trinajstić information content (AvgIpc) is 1.98. The van der Waals surface area contributed by atoms with E-state index < -0.39 is 0 Å². The van der Waals surface area contributed by atoms with Crippen LogP contribution in [0.25, 0.3) is 0 Å². The second kappa shape index (κ2) is 2.08. The van der Waals surface area contributed by atoms with Gasteiger partial charge < -0.3 is 0 Å². The molecule has 0 spiro atoms. The van der Waals surface area contributed by atoms with Crippen LogP contribution >= 0.6 is 0 Å². The van der Waals surface area contributed by atoms with Crippen LogP contribution in [0.4, 0.5) is 0 Å². The van der Waals surface area contributed by atoms with Crippen LogP contribution in [0.15, 0.2) is 0 Å². The van der Waals surface area contributed by atoms with Gasteiger partial charge in [-0.1, -0.05) is 33.6 Å². The third kappa shape index (κ3) is 0.888. The molecular formula is C8H16. The van der Waals surface area contributed by atoms with Crippen LogP contribution < -0.4 is 0 Å². The van der Waals surface area contributed by atoms with Gasteiger partial charge in [-0.15, -0.1) is 0 Å². The Bertz CT molecular complexity index is 66.1. The summed E-state index contributed by atoms with van der Waals surface area (Å²) >= 11 is 0. The van der Waals surface area contributed by atoms with Crippen LogP contribution in [0, 0.1) is 17.8 Å². The predicted molar refractivity (Wildman–Crippen MR) is 36.7 cm³/mol. The van der Waals surface area contributed by atoms with Crippen molar-refractivity contribution in [1.82, 2.24) is 0 Å². The summed E-state index contributed by atoms with van der Waals surface area (Å²) in [6, 6.07) is 0. The monoisotopic (exact) mass is 112 g/mol. The van der Waals surface area contributed by atoms with Crippen molar-refractivity contribution >= 4 is 0 Å². The molecule has 0 aliphatic heterocycles. The molecule has 8 heavy (non-hydrogen) atoms. The Morgan fingerprint density at radius 3 is 1.38 bits per heavy atom. The van der Waals surface area contributed by atoms with E-state index in [0.717, 1.165) is 17.8 Å². The van der Waals surface area contributed by atoms with Crippen molar-refractivity contribution in [2.24, 2.45) is 17.8 Å². The molecule has 0 radical (unpaired) electrons. The van der Waals surface area contributed by atoms with Gasteiger partial charge in [-0.05, 0) is 17.8 Å². The van der Waals surface area contributed by atoms with Crippen LogP contribution in [0.3, 0.4) is 0 Å². The zero-order valence-electron chi connectivity index (χ0n) is 6.15. The molecule has 1 aliphatic rings. The first-order valence-corrected chi connectivity index (χ1v) is 3.72. The molecule has 48 valence electrons. The highest BCUT2D eigenvalue weighted by Crippen LogP contribution is 2.35. The lowest BCUT2D eigenvalue weighted by Crippen LogP contribution is -2.04. The molecule has 0 saturated heterocycles. The number of hydrogen-bond donors (Lipinski definition) is 0. The zero-order valence-corrected chi connectivity index (χ0v) is 6.15. The lowest BCUT2D eigenvalue weighted by Gasteiger charge is -2.11. The summed E-state index contributed by atoms with van der Waals surface area (Å²) in [5.74, 6) is 2.96. The van der Waals surface area contributed by atoms with Gasteiger partial charge in [0.1, 0.15) is 0 Å². The molecule has 0 bridgehead atoms. The molecule has 0 amide bonds. The summed E-state index contributed by atoms with van der Waals surface area (Å²) in [5, 5.41) is 0. The maximum Gasteiger partial charge on any atom is -0.0391 e. The summed E-state index contributed by atoms with van der Waals surface area (Å²) in [7, 11) is 0. The predicted octanol–water partition coefficient (Wildman–Crippen LogP) is 2.69. The fourth-order valence-corrected chi connectivity index (χ4v) is 1.61. The largest absolute Gasteiger partial charge is 0.0622 e. The van der Waals surface area contributed by atoms with E-state index in [4.69, 9.17) is 0 Å². The van der Waals surface area contributed by atoms with Gasteiger partial charge in [0.05, 0.1) is 0 Å². The van der Waals surface area contributed by atoms with E-state index in [1.165, 1.54) is 12.8 Å². The van der Waals surface area contributed by atoms with Crippen LogP contribution in [-0.2, 0) is 0 Å². The first-order chi connectivity index (χ1) is 3.72. The standard InChI is InChI=1S/C8H16/c1-6-4-5-7(2)8(6)3/h6-8H,4-5H2,1-3H3/t6-,7+,8-. The number of hydrogen-bond acceptors (Lipinski definition) is 0. The molecular weight excluding hydrogens is 96.1 g/mol. The second-order valence-electron chi connectivity index (χ2n) is 3.39. The van der Waals surface area contributed by atoms with Crippen LogP contribution in [-0.4, -0.2) is 0 Å². The Balaban J connectivity index is 2.44. The maximum absolute atomic E-state index is 2.38. The normalized spacial score (nSPS) is 47.6. The van der Waals surface area contributed by atoms with E-state index in [-0.39, 0.29) is 0 Å². The minimum Gasteiger partial charge on any atom is -0.0622 e. The molecule has 0 nitrogen and oxygen atoms in total. The summed E-state index contributed by atoms with van der Waals surface area (Å²) in [5.41, 5.74) is 0. The second-order valence-corrected chi connectivity index (χ2v) is 3.39. The Kier molecular flexibility index (Phi) is 1.59. The molecule has 1 fully saturated rings. The smallest absolute Gasteiger partial charge is 0.0391 e. The summed E-state index contributed by atoms with van der Waals surface area (Å²) in [4.78, 5) is 0. The lowest BCUT2D eigenvalue weighted by atomic mass is 9.94. The van der Waals surface area contributed by atoms with Gasteiger partial charge in [0.2, 0.25) is 0 Å². The highest BCUT2D eigenvalue weighted by molar-refractivity contribution is 4.75. The molecule has 1 aliphatic carbocycles. The van der Waals surface area contributed by atoms with Crippen molar-refractivity contribution in [1.29, 1.82) is 0 Å². The minimum atomic E-state index is 0.981. The molecule has 0 aromatic rings. The summed E-state index contributed by atoms with van der Waals surface area (Å²) < 4.78 is 0. The number of rotatable bonds is 0. The first kappa shape index (κ1) is 6.12. The van der Waals surface area contributed by atoms with Gasteiger partial charge in [0.25, 0.3) is 0 Å². The zero-order chi connectivity index (χ0) is 6.15. The van der Waals surface area contributed by atoms with E-state index in [9.17, 15) is 0 Å². The molecule has 1 rings (SSSR count). The van der Waals surface area contributed by atoms with Crippen molar-refractivity contribution in [2.45, 2.75) is 33.6 Å². The Labute approximate surface area is 52.3 Å². The van der Waals surface area contributed by atoms with E-state index in [0.29, 0.717) is 0 Å². The van der Waals surface area contributed by atoms with Gasteiger partial charge >= 0.3 is 0 Å². The van der Waals surface area contributed by atoms with E-state index in [2.05, 4.69) is 20.8 Å². The van der Waals surface area contributed by atoms with Crippen molar-refractivity contribution in [3.8, 4) is 0 Å². The van der Waals surface area contributed by atoms with Gasteiger partial charge in [0, 0.05) is 0 Å². The summed E-state index contributed by atoms with van der Waals surface area (Å²) in [6.45, 7) is 7.12. The Morgan fingerprint density at radius 2 is 1.25 bits per heavy atom. The van der Waals surface area contributed by atoms with Gasteiger partial charge in [-0.2, -0.15) is 0 Å². The van der Waals surface area contributed by atoms with E-state index >= 15 is 0 Å². The fraction of sp³-hybridized carbons (Fsp3) is 1.00. The Hall–Kier alpha value is 0. The third-order valence-corrected chi connectivity index (χ3v) is 2.87. The van der Waals surface area contributed by atoms with E-state index in [1.54, 1.807) is 0 Å². The molecule has 0 aromatic carbocycles. The van der Waals surface area contributed by atoms with Crippen molar-refractivity contribution in [2.75, 3.05) is 0 Å². The third-order valence-electron chi connectivity index (χ3n) is 2.87. The molecule has 0 aromatic heterocycles. The molecule has 1 saturated carbocycles. The van der Waals surface area contributed by atoms with Crippen molar-refractivity contribution in [3.63, 3.8) is 0 Å². The topological polar surface area (TPSA) is 0 Å². The SMILES string of the molecule is C[C@@H]1[C@H](C)CC[C@@H]1C. The molecule has 3 atom stereocenters. The molecule has 0 heteroatoms.